The second-order valence-electron chi connectivity index (χ2n) is 2.06. The number of thiophene rings is 1. The SMILES string of the molecule is Clc1c(I)cnc2ccsc12. The maximum absolute atomic E-state index is 6.03. The molecule has 1 nitrogen and oxygen atoms in total. The third-order valence-electron chi connectivity index (χ3n) is 1.37. The average Bonchev–Trinajstić information content (AvgIpc) is 2.45. The molecule has 0 saturated heterocycles. The van der Waals surface area contributed by atoms with Gasteiger partial charge in [0.05, 0.1) is 18.8 Å². The van der Waals surface area contributed by atoms with Crippen LogP contribution in [-0.2, 0) is 0 Å². The van der Waals surface area contributed by atoms with Crippen LogP contribution in [0.5, 0.6) is 0 Å². The number of halogens is 2. The van der Waals surface area contributed by atoms with E-state index in [4.69, 9.17) is 11.6 Å². The van der Waals surface area contributed by atoms with E-state index in [1.54, 1.807) is 17.5 Å². The third-order valence-corrected chi connectivity index (χ3v) is 3.93. The summed E-state index contributed by atoms with van der Waals surface area (Å²) in [5, 5.41) is 2.82. The lowest BCUT2D eigenvalue weighted by atomic mass is 10.4. The first-order chi connectivity index (χ1) is 5.29. The second-order valence-corrected chi connectivity index (χ2v) is 4.51. The van der Waals surface area contributed by atoms with Crippen LogP contribution in [0.25, 0.3) is 10.2 Å². The van der Waals surface area contributed by atoms with E-state index in [2.05, 4.69) is 27.6 Å². The molecule has 2 aromatic heterocycles. The minimum Gasteiger partial charge on any atom is -0.254 e. The Morgan fingerprint density at radius 2 is 2.36 bits per heavy atom. The summed E-state index contributed by atoms with van der Waals surface area (Å²) in [5.74, 6) is 0. The van der Waals surface area contributed by atoms with Gasteiger partial charge in [0.15, 0.2) is 0 Å². The fourth-order valence-electron chi connectivity index (χ4n) is 0.860. The smallest absolute Gasteiger partial charge is 0.0825 e. The van der Waals surface area contributed by atoms with Gasteiger partial charge in [-0.1, -0.05) is 11.6 Å². The molecule has 0 unspecified atom stereocenters. The molecule has 2 aromatic rings. The lowest BCUT2D eigenvalue weighted by molar-refractivity contribution is 1.40. The molecule has 0 N–H and O–H groups in total. The van der Waals surface area contributed by atoms with Crippen LogP contribution in [0.1, 0.15) is 0 Å². The monoisotopic (exact) mass is 295 g/mol. The number of nitrogens with zero attached hydrogens (tertiary/aromatic N) is 1. The molecule has 0 saturated carbocycles. The zero-order valence-corrected chi connectivity index (χ0v) is 9.07. The van der Waals surface area contributed by atoms with Crippen LogP contribution in [0, 0.1) is 3.57 Å². The molecule has 0 atom stereocenters. The quantitative estimate of drug-likeness (QED) is 0.677. The Kier molecular flexibility index (Phi) is 2.03. The van der Waals surface area contributed by atoms with Gasteiger partial charge in [0, 0.05) is 6.20 Å². The summed E-state index contributed by atoms with van der Waals surface area (Å²) in [6.07, 6.45) is 1.79. The van der Waals surface area contributed by atoms with Gasteiger partial charge < -0.3 is 0 Å². The Bertz CT molecular complexity index is 398. The van der Waals surface area contributed by atoms with Crippen molar-refractivity contribution in [1.29, 1.82) is 0 Å². The van der Waals surface area contributed by atoms with Crippen LogP contribution in [-0.4, -0.2) is 4.98 Å². The first kappa shape index (κ1) is 7.76. The van der Waals surface area contributed by atoms with Gasteiger partial charge in [-0.05, 0) is 34.0 Å². The fraction of sp³-hybridized carbons (Fsp3) is 0. The van der Waals surface area contributed by atoms with Crippen LogP contribution >= 0.6 is 45.5 Å². The van der Waals surface area contributed by atoms with Crippen molar-refractivity contribution >= 4 is 55.7 Å². The van der Waals surface area contributed by atoms with Crippen LogP contribution < -0.4 is 0 Å². The predicted octanol–water partition coefficient (Wildman–Crippen LogP) is 3.55. The molecule has 0 amide bonds. The normalized spacial score (nSPS) is 10.7. The molecule has 0 aromatic carbocycles. The molecule has 56 valence electrons. The Hall–Kier alpha value is 0.130. The van der Waals surface area contributed by atoms with Gasteiger partial charge in [-0.15, -0.1) is 11.3 Å². The molecule has 2 heterocycles. The van der Waals surface area contributed by atoms with Gasteiger partial charge in [0.25, 0.3) is 0 Å². The van der Waals surface area contributed by atoms with Crippen molar-refractivity contribution in [3.8, 4) is 0 Å². The molecular weight excluding hydrogens is 293 g/mol. The summed E-state index contributed by atoms with van der Waals surface area (Å²) in [6, 6.07) is 1.97. The first-order valence-corrected chi connectivity index (χ1v) is 5.30. The number of hydrogen-bond donors (Lipinski definition) is 0. The van der Waals surface area contributed by atoms with E-state index >= 15 is 0 Å². The number of pyridine rings is 1. The highest BCUT2D eigenvalue weighted by atomic mass is 127. The lowest BCUT2D eigenvalue weighted by Gasteiger charge is -1.94. The molecule has 0 aliphatic carbocycles. The largest absolute Gasteiger partial charge is 0.254 e. The number of rotatable bonds is 0. The topological polar surface area (TPSA) is 12.9 Å². The van der Waals surface area contributed by atoms with E-state index in [-0.39, 0.29) is 0 Å². The molecule has 0 aliphatic rings. The molecule has 2 rings (SSSR count). The standard InChI is InChI=1S/C7H3ClINS/c8-6-4(9)3-10-5-1-2-11-7(5)6/h1-3H. The van der Waals surface area contributed by atoms with Crippen molar-refractivity contribution in [3.63, 3.8) is 0 Å². The highest BCUT2D eigenvalue weighted by Gasteiger charge is 2.04. The van der Waals surface area contributed by atoms with E-state index < -0.39 is 0 Å². The lowest BCUT2D eigenvalue weighted by Crippen LogP contribution is -1.77. The van der Waals surface area contributed by atoms with E-state index in [9.17, 15) is 0 Å². The Balaban J connectivity index is 2.93. The van der Waals surface area contributed by atoms with E-state index in [1.165, 1.54) is 0 Å². The van der Waals surface area contributed by atoms with Crippen LogP contribution in [0.3, 0.4) is 0 Å². The number of hydrogen-bond acceptors (Lipinski definition) is 2. The molecule has 0 bridgehead atoms. The van der Waals surface area contributed by atoms with Crippen molar-refractivity contribution in [1.82, 2.24) is 4.98 Å². The Labute approximate surface area is 86.5 Å². The summed E-state index contributed by atoms with van der Waals surface area (Å²) >= 11 is 9.84. The van der Waals surface area contributed by atoms with Crippen molar-refractivity contribution in [3.05, 3.63) is 26.2 Å². The molecule has 11 heavy (non-hydrogen) atoms. The van der Waals surface area contributed by atoms with E-state index in [0.717, 1.165) is 18.8 Å². The minimum absolute atomic E-state index is 0.825. The van der Waals surface area contributed by atoms with E-state index in [1.807, 2.05) is 11.4 Å². The molecule has 0 radical (unpaired) electrons. The number of fused-ring (bicyclic) bond motifs is 1. The first-order valence-electron chi connectivity index (χ1n) is 2.96. The van der Waals surface area contributed by atoms with Gasteiger partial charge in [-0.3, -0.25) is 4.98 Å². The average molecular weight is 296 g/mol. The maximum atomic E-state index is 6.03. The molecule has 4 heteroatoms. The van der Waals surface area contributed by atoms with Gasteiger partial charge in [0.2, 0.25) is 0 Å². The zero-order valence-electron chi connectivity index (χ0n) is 5.34. The molecule has 0 fully saturated rings. The Morgan fingerprint density at radius 3 is 3.18 bits per heavy atom. The van der Waals surface area contributed by atoms with Crippen molar-refractivity contribution in [2.24, 2.45) is 0 Å². The van der Waals surface area contributed by atoms with E-state index in [0.29, 0.717) is 0 Å². The van der Waals surface area contributed by atoms with Crippen molar-refractivity contribution in [2.75, 3.05) is 0 Å². The third kappa shape index (κ3) is 1.25. The van der Waals surface area contributed by atoms with Crippen molar-refractivity contribution < 1.29 is 0 Å². The van der Waals surface area contributed by atoms with Crippen LogP contribution in [0.15, 0.2) is 17.6 Å². The van der Waals surface area contributed by atoms with Gasteiger partial charge in [-0.2, -0.15) is 0 Å². The predicted molar refractivity (Wildman–Crippen MR) is 57.3 cm³/mol. The fourth-order valence-corrected chi connectivity index (χ4v) is 2.52. The van der Waals surface area contributed by atoms with Crippen LogP contribution in [0.2, 0.25) is 5.02 Å². The minimum atomic E-state index is 0.825. The highest BCUT2D eigenvalue weighted by molar-refractivity contribution is 14.1. The number of aromatic nitrogens is 1. The van der Waals surface area contributed by atoms with Crippen LogP contribution in [0.4, 0.5) is 0 Å². The molecular formula is C7H3ClINS. The highest BCUT2D eigenvalue weighted by Crippen LogP contribution is 2.30. The summed E-state index contributed by atoms with van der Waals surface area (Å²) in [4.78, 5) is 4.22. The molecule has 0 aliphatic heterocycles. The van der Waals surface area contributed by atoms with Gasteiger partial charge in [0.1, 0.15) is 0 Å². The zero-order chi connectivity index (χ0) is 7.84. The summed E-state index contributed by atoms with van der Waals surface area (Å²) in [7, 11) is 0. The maximum Gasteiger partial charge on any atom is 0.0825 e. The summed E-state index contributed by atoms with van der Waals surface area (Å²) in [5.41, 5.74) is 0.986. The summed E-state index contributed by atoms with van der Waals surface area (Å²) < 4.78 is 2.10. The second kappa shape index (κ2) is 2.88. The van der Waals surface area contributed by atoms with Crippen molar-refractivity contribution in [2.45, 2.75) is 0 Å². The Morgan fingerprint density at radius 1 is 1.55 bits per heavy atom. The van der Waals surface area contributed by atoms with Gasteiger partial charge >= 0.3 is 0 Å². The molecule has 0 spiro atoms. The van der Waals surface area contributed by atoms with Gasteiger partial charge in [-0.25, -0.2) is 0 Å². The summed E-state index contributed by atoms with van der Waals surface area (Å²) in [6.45, 7) is 0.